The first-order valence-corrected chi connectivity index (χ1v) is 8.25. The number of ether oxygens (including phenoxy) is 1. The summed E-state index contributed by atoms with van der Waals surface area (Å²) in [5.74, 6) is -0.00276. The van der Waals surface area contributed by atoms with Crippen LogP contribution in [-0.2, 0) is 16.1 Å². The fraction of sp³-hybridized carbons (Fsp3) is 0.733. The Morgan fingerprint density at radius 2 is 2.05 bits per heavy atom. The molecule has 0 radical (unpaired) electrons. The minimum atomic E-state index is -0.402. The molecule has 2 atom stereocenters. The van der Waals surface area contributed by atoms with Crippen LogP contribution in [0.1, 0.15) is 40.3 Å². The molecule has 118 valence electrons. The minimum Gasteiger partial charge on any atom is -0.373 e. The maximum absolute atomic E-state index is 11.9. The molecule has 0 bridgehead atoms. The summed E-state index contributed by atoms with van der Waals surface area (Å²) in [4.78, 5) is 18.8. The van der Waals surface area contributed by atoms with Crippen molar-refractivity contribution < 1.29 is 9.53 Å². The normalized spacial score (nSPS) is 24.0. The zero-order valence-corrected chi connectivity index (χ0v) is 14.3. The van der Waals surface area contributed by atoms with Gasteiger partial charge >= 0.3 is 0 Å². The number of nitrogens with one attached hydrogen (secondary N) is 1. The predicted octanol–water partition coefficient (Wildman–Crippen LogP) is 2.74. The van der Waals surface area contributed by atoms with Crippen molar-refractivity contribution in [1.82, 2.24) is 9.88 Å². The molecule has 2 unspecified atom stereocenters. The number of nitrogens with zero attached hydrogens (tertiary/aromatic N) is 2. The molecular weight excluding hydrogens is 286 g/mol. The van der Waals surface area contributed by atoms with Gasteiger partial charge in [0, 0.05) is 30.4 Å². The van der Waals surface area contributed by atoms with E-state index in [1.807, 2.05) is 26.2 Å². The first-order valence-electron chi connectivity index (χ1n) is 7.37. The van der Waals surface area contributed by atoms with Crippen LogP contribution in [0.15, 0.2) is 5.38 Å². The van der Waals surface area contributed by atoms with Gasteiger partial charge in [-0.3, -0.25) is 9.69 Å². The molecule has 1 aromatic heterocycles. The topological polar surface area (TPSA) is 54.5 Å². The second-order valence-corrected chi connectivity index (χ2v) is 7.66. The fourth-order valence-corrected chi connectivity index (χ4v) is 3.06. The van der Waals surface area contributed by atoms with Gasteiger partial charge in [0.05, 0.1) is 17.9 Å². The van der Waals surface area contributed by atoms with Crippen molar-refractivity contribution in [2.45, 2.75) is 53.4 Å². The van der Waals surface area contributed by atoms with E-state index >= 15 is 0 Å². The number of carbonyl (C=O) groups excluding carboxylic acids is 1. The molecule has 0 spiro atoms. The van der Waals surface area contributed by atoms with Gasteiger partial charge in [0.1, 0.15) is 0 Å². The van der Waals surface area contributed by atoms with E-state index in [1.165, 1.54) is 11.3 Å². The van der Waals surface area contributed by atoms with Crippen LogP contribution < -0.4 is 5.32 Å². The van der Waals surface area contributed by atoms with Gasteiger partial charge in [0.2, 0.25) is 5.91 Å². The molecule has 1 fully saturated rings. The van der Waals surface area contributed by atoms with Crippen molar-refractivity contribution in [2.75, 3.05) is 18.4 Å². The molecule has 1 aliphatic rings. The first-order chi connectivity index (χ1) is 9.74. The molecule has 1 N–H and O–H groups in total. The van der Waals surface area contributed by atoms with Crippen LogP contribution in [0.2, 0.25) is 0 Å². The lowest BCUT2D eigenvalue weighted by atomic mass is 9.96. The summed E-state index contributed by atoms with van der Waals surface area (Å²) in [6.45, 7) is 12.5. The molecule has 2 heterocycles. The molecule has 0 aliphatic carbocycles. The van der Waals surface area contributed by atoms with Crippen LogP contribution in [-0.4, -0.2) is 41.1 Å². The second kappa shape index (κ2) is 6.42. The Hall–Kier alpha value is -0.980. The Morgan fingerprint density at radius 3 is 2.62 bits per heavy atom. The number of amides is 1. The summed E-state index contributed by atoms with van der Waals surface area (Å²) in [6, 6.07) is 0. The average molecular weight is 311 g/mol. The third-order valence-electron chi connectivity index (χ3n) is 3.33. The standard InChI is InChI=1S/C15H25N3O2S/c1-10-6-18(7-11(2)20-10)8-12-9-21-14(16-12)17-13(19)15(3,4)5/h9-11H,6-8H2,1-5H3,(H,16,17,19). The van der Waals surface area contributed by atoms with Crippen LogP contribution in [0.25, 0.3) is 0 Å². The monoisotopic (exact) mass is 311 g/mol. The van der Waals surface area contributed by atoms with E-state index in [9.17, 15) is 4.79 Å². The molecular formula is C15H25N3O2S. The molecule has 0 saturated carbocycles. The van der Waals surface area contributed by atoms with Crippen LogP contribution in [0, 0.1) is 5.41 Å². The molecule has 1 aromatic rings. The van der Waals surface area contributed by atoms with Crippen molar-refractivity contribution >= 4 is 22.4 Å². The maximum Gasteiger partial charge on any atom is 0.231 e. The van der Waals surface area contributed by atoms with E-state index in [1.54, 1.807) is 0 Å². The van der Waals surface area contributed by atoms with Gasteiger partial charge in [0.25, 0.3) is 0 Å². The third kappa shape index (κ3) is 4.76. The Morgan fingerprint density at radius 1 is 1.43 bits per heavy atom. The van der Waals surface area contributed by atoms with E-state index in [2.05, 4.69) is 29.0 Å². The number of rotatable bonds is 3. The SMILES string of the molecule is CC1CN(Cc2csc(NC(=O)C(C)(C)C)n2)CC(C)O1. The van der Waals surface area contributed by atoms with Crippen LogP contribution in [0.5, 0.6) is 0 Å². The Labute approximate surface area is 130 Å². The number of hydrogen-bond donors (Lipinski definition) is 1. The van der Waals surface area contributed by atoms with E-state index < -0.39 is 5.41 Å². The summed E-state index contributed by atoms with van der Waals surface area (Å²) < 4.78 is 5.73. The molecule has 1 amide bonds. The lowest BCUT2D eigenvalue weighted by Crippen LogP contribution is -2.44. The van der Waals surface area contributed by atoms with Crippen molar-refractivity contribution in [1.29, 1.82) is 0 Å². The molecule has 6 heteroatoms. The third-order valence-corrected chi connectivity index (χ3v) is 4.14. The van der Waals surface area contributed by atoms with Crippen molar-refractivity contribution in [3.63, 3.8) is 0 Å². The van der Waals surface area contributed by atoms with Crippen LogP contribution in [0.4, 0.5) is 5.13 Å². The van der Waals surface area contributed by atoms with Crippen LogP contribution in [0.3, 0.4) is 0 Å². The molecule has 1 saturated heterocycles. The minimum absolute atomic E-state index is 0.00276. The predicted molar refractivity (Wildman–Crippen MR) is 85.5 cm³/mol. The van der Waals surface area contributed by atoms with E-state index in [-0.39, 0.29) is 18.1 Å². The van der Waals surface area contributed by atoms with Crippen molar-refractivity contribution in [3.8, 4) is 0 Å². The Balaban J connectivity index is 1.93. The van der Waals surface area contributed by atoms with E-state index in [0.717, 1.165) is 25.3 Å². The van der Waals surface area contributed by atoms with Gasteiger partial charge in [-0.05, 0) is 13.8 Å². The highest BCUT2D eigenvalue weighted by atomic mass is 32.1. The number of morpholine rings is 1. The van der Waals surface area contributed by atoms with Crippen molar-refractivity contribution in [2.24, 2.45) is 5.41 Å². The molecule has 21 heavy (non-hydrogen) atoms. The highest BCUT2D eigenvalue weighted by Gasteiger charge is 2.24. The highest BCUT2D eigenvalue weighted by Crippen LogP contribution is 2.22. The Kier molecular flexibility index (Phi) is 5.01. The number of thiazole rings is 1. The molecule has 5 nitrogen and oxygen atoms in total. The number of hydrogen-bond acceptors (Lipinski definition) is 5. The van der Waals surface area contributed by atoms with Gasteiger partial charge < -0.3 is 10.1 Å². The summed E-state index contributed by atoms with van der Waals surface area (Å²) in [5.41, 5.74) is 0.603. The molecule has 1 aliphatic heterocycles. The number of carbonyl (C=O) groups is 1. The second-order valence-electron chi connectivity index (χ2n) is 6.80. The summed E-state index contributed by atoms with van der Waals surface area (Å²) in [6.07, 6.45) is 0.514. The zero-order chi connectivity index (χ0) is 15.6. The highest BCUT2D eigenvalue weighted by molar-refractivity contribution is 7.13. The maximum atomic E-state index is 11.9. The summed E-state index contributed by atoms with van der Waals surface area (Å²) in [7, 11) is 0. The van der Waals surface area contributed by atoms with Gasteiger partial charge in [-0.15, -0.1) is 11.3 Å². The first kappa shape index (κ1) is 16.4. The van der Waals surface area contributed by atoms with Gasteiger partial charge in [-0.1, -0.05) is 20.8 Å². The van der Waals surface area contributed by atoms with Gasteiger partial charge in [-0.2, -0.15) is 0 Å². The quantitative estimate of drug-likeness (QED) is 0.932. The lowest BCUT2D eigenvalue weighted by molar-refractivity contribution is -0.123. The fourth-order valence-electron chi connectivity index (χ4n) is 2.36. The number of anilines is 1. The van der Waals surface area contributed by atoms with Gasteiger partial charge in [0.15, 0.2) is 5.13 Å². The largest absolute Gasteiger partial charge is 0.373 e. The van der Waals surface area contributed by atoms with E-state index in [4.69, 9.17) is 4.74 Å². The van der Waals surface area contributed by atoms with E-state index in [0.29, 0.717) is 5.13 Å². The lowest BCUT2D eigenvalue weighted by Gasteiger charge is -2.34. The Bertz CT molecular complexity index is 485. The average Bonchev–Trinajstić information content (AvgIpc) is 2.73. The van der Waals surface area contributed by atoms with Crippen LogP contribution >= 0.6 is 11.3 Å². The zero-order valence-electron chi connectivity index (χ0n) is 13.5. The summed E-state index contributed by atoms with van der Waals surface area (Å²) in [5, 5.41) is 5.58. The molecule has 0 aromatic carbocycles. The van der Waals surface area contributed by atoms with Gasteiger partial charge in [-0.25, -0.2) is 4.98 Å². The summed E-state index contributed by atoms with van der Waals surface area (Å²) >= 11 is 1.48. The van der Waals surface area contributed by atoms with Crippen molar-refractivity contribution in [3.05, 3.63) is 11.1 Å². The molecule has 2 rings (SSSR count). The smallest absolute Gasteiger partial charge is 0.231 e. The number of aromatic nitrogens is 1.